The van der Waals surface area contributed by atoms with E-state index in [0.29, 0.717) is 0 Å². The number of rotatable bonds is 0. The predicted molar refractivity (Wildman–Crippen MR) is 3.93 cm³/mol. The van der Waals surface area contributed by atoms with Gasteiger partial charge >= 0.3 is 28.4 Å². The minimum atomic E-state index is 0. The quantitative estimate of drug-likeness (QED) is 0.187. The standard InChI is InChI=1S/CO.ClH.Cu/c1-2;;/h;1H;/q;;+1/p-1. The van der Waals surface area contributed by atoms with Crippen molar-refractivity contribution in [3.05, 3.63) is 6.65 Å². The molecule has 0 saturated carbocycles. The molecule has 0 aliphatic carbocycles. The van der Waals surface area contributed by atoms with E-state index in [1.165, 1.54) is 0 Å². The number of hydrogen-bond acceptors (Lipinski definition) is 0. The molecule has 0 fully saturated rings. The van der Waals surface area contributed by atoms with Gasteiger partial charge in [-0.05, 0) is 0 Å². The third-order valence-corrected chi connectivity index (χ3v) is 0. The third kappa shape index (κ3) is 20.3. The molecule has 0 rings (SSSR count). The molecule has 0 atom stereocenters. The third-order valence-electron chi connectivity index (χ3n) is 0. The van der Waals surface area contributed by atoms with Gasteiger partial charge in [0.2, 0.25) is 0 Å². The van der Waals surface area contributed by atoms with Gasteiger partial charge in [-0.15, -0.1) is 0 Å². The summed E-state index contributed by atoms with van der Waals surface area (Å²) in [5.41, 5.74) is 0. The van der Waals surface area contributed by atoms with Crippen molar-refractivity contribution >= 4 is 0 Å². The molecule has 0 N–H and O–H groups in total. The molecule has 0 heterocycles. The van der Waals surface area contributed by atoms with Crippen LogP contribution < -0.4 is 12.4 Å². The largest absolute Gasteiger partial charge is 1.00 e. The molecule has 4 heavy (non-hydrogen) atoms. The smallest absolute Gasteiger partial charge is 1.00 e. The first kappa shape index (κ1) is 23.9. The first-order valence-electron chi connectivity index (χ1n) is 0.204. The summed E-state index contributed by atoms with van der Waals surface area (Å²) in [5, 5.41) is 0. The molecular weight excluding hydrogens is 127 g/mol. The second-order valence-corrected chi connectivity index (χ2v) is 0. The van der Waals surface area contributed by atoms with Crippen LogP contribution >= 0.6 is 0 Å². The summed E-state index contributed by atoms with van der Waals surface area (Å²) in [6.45, 7) is 4.50. The zero-order valence-electron chi connectivity index (χ0n) is 1.59. The van der Waals surface area contributed by atoms with E-state index in [1.807, 2.05) is 0 Å². The average Bonchev–Trinajstić information content (AvgIpc) is 1.00. The van der Waals surface area contributed by atoms with Crippen LogP contribution in [0.15, 0.2) is 0 Å². The van der Waals surface area contributed by atoms with E-state index in [2.05, 4.69) is 6.65 Å². The van der Waals surface area contributed by atoms with Crippen molar-refractivity contribution in [2.45, 2.75) is 0 Å². The molecule has 0 aromatic heterocycles. The Morgan fingerprint density at radius 2 is 1.25 bits per heavy atom. The molecule has 0 aliphatic heterocycles. The molecule has 3 heteroatoms. The van der Waals surface area contributed by atoms with Gasteiger partial charge < -0.3 is 12.4 Å². The van der Waals surface area contributed by atoms with Gasteiger partial charge in [0.15, 0.2) is 0 Å². The topological polar surface area (TPSA) is 19.9 Å². The van der Waals surface area contributed by atoms with Gasteiger partial charge in [-0.25, -0.2) is 0 Å². The SMILES string of the molecule is [C-]#[O+].[Cl-].[Cu+]. The molecule has 0 amide bonds. The summed E-state index contributed by atoms with van der Waals surface area (Å²) in [6, 6.07) is 0. The van der Waals surface area contributed by atoms with Gasteiger partial charge in [-0.2, -0.15) is 0 Å². The molecule has 0 aromatic carbocycles. The van der Waals surface area contributed by atoms with Crippen LogP contribution in [0.1, 0.15) is 0 Å². The van der Waals surface area contributed by atoms with Crippen LogP contribution in [0.25, 0.3) is 0 Å². The van der Waals surface area contributed by atoms with E-state index in [9.17, 15) is 0 Å². The maximum Gasteiger partial charge on any atom is 1.00 e. The fourth-order valence-electron chi connectivity index (χ4n) is 0. The van der Waals surface area contributed by atoms with E-state index in [-0.39, 0.29) is 29.5 Å². The number of hydrogen-bond donors (Lipinski definition) is 0. The van der Waals surface area contributed by atoms with Gasteiger partial charge in [0.05, 0.1) is 0 Å². The second-order valence-electron chi connectivity index (χ2n) is 0. The summed E-state index contributed by atoms with van der Waals surface area (Å²) in [7, 11) is 0. The van der Waals surface area contributed by atoms with Crippen LogP contribution in [0.3, 0.4) is 0 Å². The van der Waals surface area contributed by atoms with Gasteiger partial charge in [0.1, 0.15) is 0 Å². The van der Waals surface area contributed by atoms with Crippen molar-refractivity contribution in [2.24, 2.45) is 0 Å². The first-order valence-corrected chi connectivity index (χ1v) is 0.204. The molecule has 28 valence electrons. The molecule has 0 aromatic rings. The number of halogens is 1. The Hall–Kier alpha value is 0.549. The van der Waals surface area contributed by atoms with E-state index in [4.69, 9.17) is 4.65 Å². The van der Waals surface area contributed by atoms with Crippen molar-refractivity contribution in [3.63, 3.8) is 0 Å². The van der Waals surface area contributed by atoms with Crippen LogP contribution in [-0.2, 0) is 21.7 Å². The molecule has 1 nitrogen and oxygen atoms in total. The summed E-state index contributed by atoms with van der Waals surface area (Å²) in [6.07, 6.45) is 0. The fourth-order valence-corrected chi connectivity index (χ4v) is 0. The van der Waals surface area contributed by atoms with Gasteiger partial charge in [-0.1, -0.05) is 0 Å². The summed E-state index contributed by atoms with van der Waals surface area (Å²) in [4.78, 5) is 0. The van der Waals surface area contributed by atoms with Crippen LogP contribution in [0, 0.1) is 6.65 Å². The van der Waals surface area contributed by atoms with Gasteiger partial charge in [0, 0.05) is 0 Å². The zero-order valence-corrected chi connectivity index (χ0v) is 3.29. The predicted octanol–water partition coefficient (Wildman–Crippen LogP) is -3.04. The summed E-state index contributed by atoms with van der Waals surface area (Å²) in [5.74, 6) is 0. The molecule has 0 saturated heterocycles. The Morgan fingerprint density at radius 3 is 1.25 bits per heavy atom. The summed E-state index contributed by atoms with van der Waals surface area (Å²) < 4.78 is 7.50. The maximum absolute atomic E-state index is 7.50. The Bertz CT molecular complexity index is 12.8. The molecular formula is CClCuO. The van der Waals surface area contributed by atoms with Gasteiger partial charge in [0.25, 0.3) is 0 Å². The monoisotopic (exact) mass is 126 g/mol. The molecule has 0 unspecified atom stereocenters. The normalized spacial score (nSPS) is 0.500. The Labute approximate surface area is 41.4 Å². The average molecular weight is 127 g/mol. The van der Waals surface area contributed by atoms with E-state index in [0.717, 1.165) is 0 Å². The van der Waals surface area contributed by atoms with Crippen molar-refractivity contribution < 1.29 is 34.1 Å². The zero-order chi connectivity index (χ0) is 2.00. The van der Waals surface area contributed by atoms with Crippen LogP contribution in [0.5, 0.6) is 0 Å². The Morgan fingerprint density at radius 1 is 1.25 bits per heavy atom. The Balaban J connectivity index is -0.00000000500. The summed E-state index contributed by atoms with van der Waals surface area (Å²) >= 11 is 0. The minimum Gasteiger partial charge on any atom is -1.00 e. The molecule has 0 bridgehead atoms. The first-order chi connectivity index (χ1) is 1.00. The van der Waals surface area contributed by atoms with E-state index >= 15 is 0 Å². The van der Waals surface area contributed by atoms with Crippen LogP contribution in [-0.4, -0.2) is 0 Å². The van der Waals surface area contributed by atoms with E-state index in [1.54, 1.807) is 0 Å². The van der Waals surface area contributed by atoms with Crippen molar-refractivity contribution in [3.8, 4) is 0 Å². The maximum atomic E-state index is 7.50. The molecule has 0 aliphatic rings. The van der Waals surface area contributed by atoms with E-state index < -0.39 is 0 Å². The molecule has 0 spiro atoms. The fraction of sp³-hybridized carbons (Fsp3) is 0. The van der Waals surface area contributed by atoms with Crippen molar-refractivity contribution in [2.75, 3.05) is 0 Å². The minimum absolute atomic E-state index is 0. The van der Waals surface area contributed by atoms with Crippen molar-refractivity contribution in [1.82, 2.24) is 0 Å². The van der Waals surface area contributed by atoms with Gasteiger partial charge in [-0.3, -0.25) is 0 Å². The second kappa shape index (κ2) is 76.4. The van der Waals surface area contributed by atoms with Crippen molar-refractivity contribution in [1.29, 1.82) is 0 Å². The Kier molecular flexibility index (Phi) is 456. The molecule has 0 radical (unpaired) electrons. The van der Waals surface area contributed by atoms with Crippen LogP contribution in [0.2, 0.25) is 0 Å². The van der Waals surface area contributed by atoms with Crippen LogP contribution in [0.4, 0.5) is 0 Å².